The third kappa shape index (κ3) is 5.10. The van der Waals surface area contributed by atoms with Crippen LogP contribution < -0.4 is 0 Å². The molecule has 0 unspecified atom stereocenters. The molecule has 0 heterocycles. The molecule has 1 rings (SSSR count). The Balaban J connectivity index is 2.61. The van der Waals surface area contributed by atoms with Crippen LogP contribution in [-0.4, -0.2) is 25.4 Å². The first-order valence-electron chi connectivity index (χ1n) is 6.95. The van der Waals surface area contributed by atoms with Crippen LogP contribution in [0.3, 0.4) is 0 Å². The first kappa shape index (κ1) is 16.9. The molecule has 0 saturated heterocycles. The van der Waals surface area contributed by atoms with E-state index < -0.39 is 15.9 Å². The highest BCUT2D eigenvalue weighted by molar-refractivity contribution is 7.91. The van der Waals surface area contributed by atoms with Crippen LogP contribution in [0.2, 0.25) is 0 Å². The van der Waals surface area contributed by atoms with Gasteiger partial charge >= 0.3 is 0 Å². The van der Waals surface area contributed by atoms with E-state index in [0.29, 0.717) is 17.2 Å². The largest absolute Gasteiger partial charge is 0.393 e. The summed E-state index contributed by atoms with van der Waals surface area (Å²) in [6.45, 7) is 7.52. The lowest BCUT2D eigenvalue weighted by Crippen LogP contribution is -2.26. The van der Waals surface area contributed by atoms with Crippen LogP contribution in [0.1, 0.15) is 26.7 Å². The molecular weight excluding hydrogens is 272 g/mol. The minimum absolute atomic E-state index is 0.0271. The molecular formula is C16H24O3S. The molecule has 0 amide bonds. The highest BCUT2D eigenvalue weighted by Crippen LogP contribution is 2.19. The summed E-state index contributed by atoms with van der Waals surface area (Å²) < 4.78 is 24.4. The van der Waals surface area contributed by atoms with E-state index in [0.717, 1.165) is 6.42 Å². The molecule has 0 radical (unpaired) electrons. The minimum Gasteiger partial charge on any atom is -0.393 e. The Morgan fingerprint density at radius 3 is 2.35 bits per heavy atom. The van der Waals surface area contributed by atoms with Crippen LogP contribution in [0.25, 0.3) is 0 Å². The van der Waals surface area contributed by atoms with Gasteiger partial charge in [-0.2, -0.15) is 0 Å². The number of allylic oxidation sites excluding steroid dienone is 1. The van der Waals surface area contributed by atoms with E-state index in [2.05, 4.69) is 6.58 Å². The highest BCUT2D eigenvalue weighted by Gasteiger charge is 2.23. The quantitative estimate of drug-likeness (QED) is 0.750. The molecule has 1 aromatic rings. The average molecular weight is 296 g/mol. The molecule has 3 nitrogen and oxygen atoms in total. The number of sulfone groups is 1. The van der Waals surface area contributed by atoms with Crippen molar-refractivity contribution < 1.29 is 13.5 Å². The number of benzene rings is 1. The zero-order valence-corrected chi connectivity index (χ0v) is 13.0. The van der Waals surface area contributed by atoms with Gasteiger partial charge < -0.3 is 5.11 Å². The van der Waals surface area contributed by atoms with Gasteiger partial charge in [0, 0.05) is 0 Å². The average Bonchev–Trinajstić information content (AvgIpc) is 2.44. The molecule has 112 valence electrons. The second-order valence-electron chi connectivity index (χ2n) is 5.43. The van der Waals surface area contributed by atoms with Crippen molar-refractivity contribution in [3.8, 4) is 0 Å². The number of rotatable bonds is 8. The van der Waals surface area contributed by atoms with E-state index >= 15 is 0 Å². The predicted molar refractivity (Wildman–Crippen MR) is 82.3 cm³/mol. The van der Waals surface area contributed by atoms with Crippen molar-refractivity contribution in [2.45, 2.75) is 37.7 Å². The molecule has 0 aliphatic heterocycles. The number of hydrogen-bond donors (Lipinski definition) is 1. The standard InChI is InChI=1S/C16H24O3S/c1-4-13(2)10-11-16(17)14(3)12-20(18,19)15-8-6-5-7-9-15/h4-9,13-14,16-17H,1,10-12H2,2-3H3/t13-,14-,16-/m1/s1. The van der Waals surface area contributed by atoms with Crippen LogP contribution in [0.15, 0.2) is 47.9 Å². The van der Waals surface area contributed by atoms with Crippen LogP contribution in [0.4, 0.5) is 0 Å². The van der Waals surface area contributed by atoms with Gasteiger partial charge in [0.2, 0.25) is 0 Å². The highest BCUT2D eigenvalue weighted by atomic mass is 32.2. The molecule has 0 saturated carbocycles. The summed E-state index contributed by atoms with van der Waals surface area (Å²) in [4.78, 5) is 0.318. The fourth-order valence-corrected chi connectivity index (χ4v) is 3.70. The van der Waals surface area contributed by atoms with Gasteiger partial charge in [-0.05, 0) is 36.8 Å². The fourth-order valence-electron chi connectivity index (χ4n) is 2.02. The van der Waals surface area contributed by atoms with Gasteiger partial charge in [0.05, 0.1) is 16.8 Å². The Hall–Kier alpha value is -1.13. The Labute approximate surface area is 122 Å². The van der Waals surface area contributed by atoms with Crippen molar-refractivity contribution in [1.82, 2.24) is 0 Å². The topological polar surface area (TPSA) is 54.4 Å². The molecule has 0 aromatic heterocycles. The van der Waals surface area contributed by atoms with Gasteiger partial charge in [-0.3, -0.25) is 0 Å². The van der Waals surface area contributed by atoms with Crippen molar-refractivity contribution in [1.29, 1.82) is 0 Å². The van der Waals surface area contributed by atoms with Crippen LogP contribution in [0, 0.1) is 11.8 Å². The Kier molecular flexibility index (Phi) is 6.43. The summed E-state index contributed by atoms with van der Waals surface area (Å²) in [7, 11) is -3.33. The maximum absolute atomic E-state index is 12.2. The van der Waals surface area contributed by atoms with Gasteiger partial charge in [-0.15, -0.1) is 6.58 Å². The summed E-state index contributed by atoms with van der Waals surface area (Å²) in [6.07, 6.45) is 2.66. The maximum Gasteiger partial charge on any atom is 0.178 e. The number of aliphatic hydroxyl groups is 1. The van der Waals surface area contributed by atoms with Gasteiger partial charge in [-0.1, -0.05) is 38.1 Å². The van der Waals surface area contributed by atoms with Crippen molar-refractivity contribution in [3.05, 3.63) is 43.0 Å². The normalized spacial score (nSPS) is 16.4. The van der Waals surface area contributed by atoms with Crippen molar-refractivity contribution in [2.24, 2.45) is 11.8 Å². The molecule has 20 heavy (non-hydrogen) atoms. The lowest BCUT2D eigenvalue weighted by Gasteiger charge is -2.19. The second kappa shape index (κ2) is 7.60. The van der Waals surface area contributed by atoms with Gasteiger partial charge in [0.25, 0.3) is 0 Å². The number of hydrogen-bond acceptors (Lipinski definition) is 3. The third-order valence-corrected chi connectivity index (χ3v) is 5.52. The Bertz CT molecular complexity index is 508. The van der Waals surface area contributed by atoms with E-state index in [1.54, 1.807) is 37.3 Å². The molecule has 1 N–H and O–H groups in total. The maximum atomic E-state index is 12.2. The van der Waals surface area contributed by atoms with E-state index in [-0.39, 0.29) is 11.7 Å². The molecule has 1 aromatic carbocycles. The third-order valence-electron chi connectivity index (χ3n) is 3.56. The molecule has 0 bridgehead atoms. The first-order valence-corrected chi connectivity index (χ1v) is 8.60. The Morgan fingerprint density at radius 1 is 1.20 bits per heavy atom. The fraction of sp³-hybridized carbons (Fsp3) is 0.500. The smallest absolute Gasteiger partial charge is 0.178 e. The molecule has 0 fully saturated rings. The van der Waals surface area contributed by atoms with Crippen LogP contribution in [0.5, 0.6) is 0 Å². The zero-order chi connectivity index (χ0) is 15.2. The predicted octanol–water partition coefficient (Wildman–Crippen LogP) is 3.06. The summed E-state index contributed by atoms with van der Waals surface area (Å²) >= 11 is 0. The first-order chi connectivity index (χ1) is 9.36. The number of aliphatic hydroxyl groups excluding tert-OH is 1. The van der Waals surface area contributed by atoms with Crippen LogP contribution in [-0.2, 0) is 9.84 Å². The van der Waals surface area contributed by atoms with Gasteiger partial charge in [-0.25, -0.2) is 8.42 Å². The molecule has 3 atom stereocenters. The summed E-state index contributed by atoms with van der Waals surface area (Å²) in [6, 6.07) is 8.38. The SMILES string of the molecule is C=C[C@@H](C)CC[C@@H](O)[C@H](C)CS(=O)(=O)c1ccccc1. The van der Waals surface area contributed by atoms with E-state index in [4.69, 9.17) is 0 Å². The van der Waals surface area contributed by atoms with Crippen molar-refractivity contribution in [3.63, 3.8) is 0 Å². The monoisotopic (exact) mass is 296 g/mol. The lowest BCUT2D eigenvalue weighted by atomic mass is 9.97. The molecule has 0 aliphatic carbocycles. The Morgan fingerprint density at radius 2 is 1.80 bits per heavy atom. The zero-order valence-electron chi connectivity index (χ0n) is 12.2. The summed E-state index contributed by atoms with van der Waals surface area (Å²) in [5, 5.41) is 10.1. The van der Waals surface area contributed by atoms with Gasteiger partial charge in [0.15, 0.2) is 9.84 Å². The van der Waals surface area contributed by atoms with Gasteiger partial charge in [0.1, 0.15) is 0 Å². The summed E-state index contributed by atoms with van der Waals surface area (Å²) in [5.41, 5.74) is 0. The van der Waals surface area contributed by atoms with E-state index in [1.165, 1.54) is 0 Å². The van der Waals surface area contributed by atoms with Crippen molar-refractivity contribution in [2.75, 3.05) is 5.75 Å². The van der Waals surface area contributed by atoms with Crippen molar-refractivity contribution >= 4 is 9.84 Å². The second-order valence-corrected chi connectivity index (χ2v) is 7.46. The molecule has 0 spiro atoms. The summed E-state index contributed by atoms with van der Waals surface area (Å²) in [5.74, 6) is 0.0282. The minimum atomic E-state index is -3.33. The molecule has 4 heteroatoms. The van der Waals surface area contributed by atoms with Crippen LogP contribution >= 0.6 is 0 Å². The van der Waals surface area contributed by atoms with E-state index in [9.17, 15) is 13.5 Å². The lowest BCUT2D eigenvalue weighted by molar-refractivity contribution is 0.112. The molecule has 0 aliphatic rings. The van der Waals surface area contributed by atoms with E-state index in [1.807, 2.05) is 13.0 Å².